The maximum Gasteiger partial charge on any atom is 0.358 e. The molecule has 1 N–H and O–H groups in total. The number of aromatic carboxylic acids is 1. The van der Waals surface area contributed by atoms with E-state index in [0.29, 0.717) is 18.7 Å². The lowest BCUT2D eigenvalue weighted by Gasteiger charge is -2.14. The summed E-state index contributed by atoms with van der Waals surface area (Å²) >= 11 is 0. The smallest absolute Gasteiger partial charge is 0.358 e. The molecule has 0 saturated carbocycles. The van der Waals surface area contributed by atoms with Gasteiger partial charge in [-0.25, -0.2) is 9.48 Å². The molecule has 0 spiro atoms. The highest BCUT2D eigenvalue weighted by Gasteiger charge is 2.29. The van der Waals surface area contributed by atoms with Gasteiger partial charge >= 0.3 is 5.97 Å². The molecular formula is C12H16N4O5. The number of imide groups is 1. The van der Waals surface area contributed by atoms with Gasteiger partial charge in [0.1, 0.15) is 0 Å². The minimum Gasteiger partial charge on any atom is -0.476 e. The van der Waals surface area contributed by atoms with Crippen molar-refractivity contribution in [3.05, 3.63) is 11.4 Å². The fourth-order valence-corrected chi connectivity index (χ4v) is 2.19. The Morgan fingerprint density at radius 2 is 1.95 bits per heavy atom. The average Bonchev–Trinajstić information content (AvgIpc) is 2.99. The van der Waals surface area contributed by atoms with Crippen molar-refractivity contribution in [2.24, 2.45) is 0 Å². The monoisotopic (exact) mass is 296 g/mol. The number of carboxylic acid groups (broad SMARTS) is 1. The van der Waals surface area contributed by atoms with Gasteiger partial charge in [-0.05, 0) is 0 Å². The highest BCUT2D eigenvalue weighted by molar-refractivity contribution is 6.01. The number of nitrogens with zero attached hydrogens (tertiary/aromatic N) is 4. The summed E-state index contributed by atoms with van der Waals surface area (Å²) in [6, 6.07) is 0. The summed E-state index contributed by atoms with van der Waals surface area (Å²) in [6.07, 6.45) is 0.799. The quantitative estimate of drug-likeness (QED) is 0.662. The van der Waals surface area contributed by atoms with Crippen molar-refractivity contribution in [1.29, 1.82) is 0 Å². The van der Waals surface area contributed by atoms with E-state index in [9.17, 15) is 14.4 Å². The van der Waals surface area contributed by atoms with Crippen LogP contribution in [0.15, 0.2) is 0 Å². The Bertz CT molecular complexity index is 552. The zero-order valence-electron chi connectivity index (χ0n) is 11.6. The molecule has 0 bridgehead atoms. The molecule has 114 valence electrons. The Morgan fingerprint density at radius 3 is 2.52 bits per heavy atom. The summed E-state index contributed by atoms with van der Waals surface area (Å²) in [5.41, 5.74) is 0.287. The molecule has 2 amide bonds. The van der Waals surface area contributed by atoms with Crippen molar-refractivity contribution in [3.8, 4) is 0 Å². The lowest BCUT2D eigenvalue weighted by molar-refractivity contribution is -0.138. The molecule has 1 aromatic rings. The number of carbonyl (C=O) groups is 3. The van der Waals surface area contributed by atoms with Crippen LogP contribution in [0.25, 0.3) is 0 Å². The van der Waals surface area contributed by atoms with Crippen LogP contribution in [-0.4, -0.2) is 63.0 Å². The maximum atomic E-state index is 11.5. The first kappa shape index (κ1) is 15.1. The highest BCUT2D eigenvalue weighted by Crippen LogP contribution is 2.13. The van der Waals surface area contributed by atoms with Gasteiger partial charge in [-0.15, -0.1) is 5.10 Å². The number of carboxylic acids is 1. The number of rotatable bonds is 7. The van der Waals surface area contributed by atoms with E-state index in [4.69, 9.17) is 9.84 Å². The van der Waals surface area contributed by atoms with Crippen molar-refractivity contribution >= 4 is 17.8 Å². The van der Waals surface area contributed by atoms with Crippen LogP contribution in [0.5, 0.6) is 0 Å². The van der Waals surface area contributed by atoms with Crippen LogP contribution >= 0.6 is 0 Å². The lowest BCUT2D eigenvalue weighted by atomic mass is 10.2. The van der Waals surface area contributed by atoms with Crippen LogP contribution in [0.1, 0.15) is 29.0 Å². The van der Waals surface area contributed by atoms with E-state index in [1.165, 1.54) is 16.7 Å². The Morgan fingerprint density at radius 1 is 1.29 bits per heavy atom. The molecule has 1 saturated heterocycles. The van der Waals surface area contributed by atoms with E-state index in [1.54, 1.807) is 0 Å². The Hall–Kier alpha value is -2.29. The number of hydrogen-bond acceptors (Lipinski definition) is 6. The molecule has 1 aromatic heterocycles. The maximum absolute atomic E-state index is 11.5. The van der Waals surface area contributed by atoms with Gasteiger partial charge in [0, 0.05) is 32.9 Å². The topological polar surface area (TPSA) is 115 Å². The molecule has 2 rings (SSSR count). The molecule has 9 heteroatoms. The van der Waals surface area contributed by atoms with E-state index in [1.807, 2.05) is 0 Å². The van der Waals surface area contributed by atoms with Crippen LogP contribution in [0.4, 0.5) is 0 Å². The lowest BCUT2D eigenvalue weighted by Crippen LogP contribution is -2.32. The molecule has 0 unspecified atom stereocenters. The average molecular weight is 296 g/mol. The molecule has 2 heterocycles. The van der Waals surface area contributed by atoms with Crippen molar-refractivity contribution in [2.75, 3.05) is 20.3 Å². The molecule has 0 radical (unpaired) electrons. The normalized spacial score (nSPS) is 15.0. The zero-order valence-corrected chi connectivity index (χ0v) is 11.6. The van der Waals surface area contributed by atoms with E-state index in [-0.39, 0.29) is 43.4 Å². The van der Waals surface area contributed by atoms with Gasteiger partial charge in [0.25, 0.3) is 0 Å². The van der Waals surface area contributed by atoms with Crippen LogP contribution in [0.3, 0.4) is 0 Å². The second-order valence-electron chi connectivity index (χ2n) is 4.59. The number of ether oxygens (including phenoxy) is 1. The van der Waals surface area contributed by atoms with Gasteiger partial charge in [0.05, 0.1) is 18.8 Å². The standard InChI is InChI=1S/C12H16N4O5/c1-21-7-4-8-11(12(19)20)13-14-16(8)6-5-15-9(17)2-3-10(15)18/h2-7H2,1H3,(H,19,20). The van der Waals surface area contributed by atoms with Crippen molar-refractivity contribution in [2.45, 2.75) is 25.8 Å². The molecule has 21 heavy (non-hydrogen) atoms. The molecule has 0 atom stereocenters. The minimum atomic E-state index is -1.17. The van der Waals surface area contributed by atoms with E-state index in [2.05, 4.69) is 10.3 Å². The van der Waals surface area contributed by atoms with Crippen molar-refractivity contribution in [1.82, 2.24) is 19.9 Å². The second kappa shape index (κ2) is 6.44. The summed E-state index contributed by atoms with van der Waals surface area (Å²) in [6.45, 7) is 0.714. The summed E-state index contributed by atoms with van der Waals surface area (Å²) in [5.74, 6) is -1.59. The number of amides is 2. The van der Waals surface area contributed by atoms with Crippen LogP contribution in [0, 0.1) is 0 Å². The number of aromatic nitrogens is 3. The third-order valence-electron chi connectivity index (χ3n) is 3.27. The van der Waals surface area contributed by atoms with Crippen LogP contribution in [0.2, 0.25) is 0 Å². The van der Waals surface area contributed by atoms with E-state index in [0.717, 1.165) is 0 Å². The van der Waals surface area contributed by atoms with E-state index < -0.39 is 5.97 Å². The van der Waals surface area contributed by atoms with Gasteiger partial charge in [-0.2, -0.15) is 0 Å². The Labute approximate surface area is 120 Å². The summed E-state index contributed by atoms with van der Waals surface area (Å²) in [7, 11) is 1.51. The molecule has 1 fully saturated rings. The molecule has 1 aliphatic rings. The minimum absolute atomic E-state index is 0.133. The predicted octanol–water partition coefficient (Wildman–Crippen LogP) is -0.686. The number of carbonyl (C=O) groups excluding carboxylic acids is 2. The largest absolute Gasteiger partial charge is 0.476 e. The van der Waals surface area contributed by atoms with Crippen LogP contribution < -0.4 is 0 Å². The fraction of sp³-hybridized carbons (Fsp3) is 0.583. The molecular weight excluding hydrogens is 280 g/mol. The zero-order chi connectivity index (χ0) is 15.4. The molecule has 0 aromatic carbocycles. The summed E-state index contributed by atoms with van der Waals surface area (Å²) < 4.78 is 6.34. The predicted molar refractivity (Wildman–Crippen MR) is 68.5 cm³/mol. The molecule has 1 aliphatic heterocycles. The van der Waals surface area contributed by atoms with Crippen LogP contribution in [-0.2, 0) is 27.3 Å². The highest BCUT2D eigenvalue weighted by atomic mass is 16.5. The number of hydrogen-bond donors (Lipinski definition) is 1. The summed E-state index contributed by atoms with van der Waals surface area (Å²) in [5, 5.41) is 16.5. The van der Waals surface area contributed by atoms with Gasteiger partial charge in [0.2, 0.25) is 11.8 Å². The van der Waals surface area contributed by atoms with Gasteiger partial charge in [-0.3, -0.25) is 14.5 Å². The number of methoxy groups -OCH3 is 1. The molecule has 0 aliphatic carbocycles. The summed E-state index contributed by atoms with van der Waals surface area (Å²) in [4.78, 5) is 35.3. The van der Waals surface area contributed by atoms with Gasteiger partial charge < -0.3 is 9.84 Å². The SMILES string of the molecule is COCCc1c(C(=O)O)nnn1CCN1C(=O)CCC1=O. The Balaban J connectivity index is 2.10. The van der Waals surface area contributed by atoms with Crippen molar-refractivity contribution in [3.63, 3.8) is 0 Å². The first-order valence-electron chi connectivity index (χ1n) is 6.52. The number of likely N-dealkylation sites (tertiary alicyclic amines) is 1. The first-order chi connectivity index (χ1) is 10.0. The second-order valence-corrected chi connectivity index (χ2v) is 4.59. The van der Waals surface area contributed by atoms with E-state index >= 15 is 0 Å². The third-order valence-corrected chi connectivity index (χ3v) is 3.27. The Kier molecular flexibility index (Phi) is 4.63. The van der Waals surface area contributed by atoms with Gasteiger partial charge in [0.15, 0.2) is 5.69 Å². The third kappa shape index (κ3) is 3.24. The first-order valence-corrected chi connectivity index (χ1v) is 6.52. The molecule has 9 nitrogen and oxygen atoms in total. The van der Waals surface area contributed by atoms with Crippen molar-refractivity contribution < 1.29 is 24.2 Å². The van der Waals surface area contributed by atoms with Gasteiger partial charge in [-0.1, -0.05) is 5.21 Å². The fourth-order valence-electron chi connectivity index (χ4n) is 2.19.